The summed E-state index contributed by atoms with van der Waals surface area (Å²) in [6.45, 7) is 1.97. The maximum absolute atomic E-state index is 12.1. The summed E-state index contributed by atoms with van der Waals surface area (Å²) in [5.74, 6) is 1.42. The summed E-state index contributed by atoms with van der Waals surface area (Å²) in [6, 6.07) is 18.9. The van der Waals surface area contributed by atoms with Gasteiger partial charge in [0.1, 0.15) is 5.82 Å². The number of aromatic nitrogens is 2. The maximum Gasteiger partial charge on any atom is 0.323 e. The summed E-state index contributed by atoms with van der Waals surface area (Å²) in [5.41, 5.74) is 3.25. The lowest BCUT2D eigenvalue weighted by atomic mass is 9.96. The van der Waals surface area contributed by atoms with Crippen LogP contribution in [0.2, 0.25) is 0 Å². The van der Waals surface area contributed by atoms with Crippen molar-refractivity contribution in [2.45, 2.75) is 45.1 Å². The minimum absolute atomic E-state index is 0.281. The fourth-order valence-electron chi connectivity index (χ4n) is 3.73. The first-order valence-electron chi connectivity index (χ1n) is 10.8. The molecule has 1 fully saturated rings. The molecule has 1 saturated carbocycles. The number of urea groups is 1. The number of amides is 2. The Bertz CT molecular complexity index is 1000. The maximum atomic E-state index is 12.1. The highest BCUT2D eigenvalue weighted by Crippen LogP contribution is 2.23. The zero-order valence-corrected chi connectivity index (χ0v) is 17.7. The second-order valence-electron chi connectivity index (χ2n) is 7.84. The summed E-state index contributed by atoms with van der Waals surface area (Å²) in [6.07, 6.45) is 6.19. The van der Waals surface area contributed by atoms with Crippen molar-refractivity contribution in [3.63, 3.8) is 0 Å². The smallest absolute Gasteiger partial charge is 0.323 e. The molecule has 0 unspecified atom stereocenters. The van der Waals surface area contributed by atoms with Gasteiger partial charge >= 0.3 is 6.03 Å². The van der Waals surface area contributed by atoms with Gasteiger partial charge < -0.3 is 21.3 Å². The summed E-state index contributed by atoms with van der Waals surface area (Å²) in [4.78, 5) is 21.3. The van der Waals surface area contributed by atoms with Crippen LogP contribution in [-0.4, -0.2) is 22.0 Å². The normalized spacial score (nSPS) is 14.0. The number of nitrogens with zero attached hydrogens (tertiary/aromatic N) is 2. The van der Waals surface area contributed by atoms with E-state index in [2.05, 4.69) is 31.2 Å². The lowest BCUT2D eigenvalue weighted by Crippen LogP contribution is -2.23. The zero-order valence-electron chi connectivity index (χ0n) is 17.7. The van der Waals surface area contributed by atoms with Gasteiger partial charge in [0.2, 0.25) is 5.95 Å². The molecule has 31 heavy (non-hydrogen) atoms. The van der Waals surface area contributed by atoms with Crippen molar-refractivity contribution in [3.8, 4) is 0 Å². The number of benzene rings is 2. The van der Waals surface area contributed by atoms with Crippen molar-refractivity contribution in [3.05, 3.63) is 66.4 Å². The van der Waals surface area contributed by atoms with Gasteiger partial charge in [0.25, 0.3) is 0 Å². The molecule has 7 heteroatoms. The van der Waals surface area contributed by atoms with Gasteiger partial charge in [0.15, 0.2) is 0 Å². The first kappa shape index (κ1) is 20.7. The number of anilines is 5. The molecule has 2 aromatic carbocycles. The molecule has 1 aliphatic carbocycles. The Morgan fingerprint density at radius 1 is 0.839 bits per heavy atom. The Labute approximate surface area is 182 Å². The van der Waals surface area contributed by atoms with E-state index >= 15 is 0 Å². The Hall–Kier alpha value is -3.61. The van der Waals surface area contributed by atoms with Crippen LogP contribution in [0.25, 0.3) is 0 Å². The minimum Gasteiger partial charge on any atom is -0.351 e. The van der Waals surface area contributed by atoms with Crippen LogP contribution in [0.1, 0.15) is 37.8 Å². The molecule has 0 bridgehead atoms. The fourth-order valence-corrected chi connectivity index (χ4v) is 3.73. The molecular formula is C24H28N6O. The van der Waals surface area contributed by atoms with Crippen molar-refractivity contribution in [2.75, 3.05) is 21.3 Å². The second kappa shape index (κ2) is 9.93. The highest BCUT2D eigenvalue weighted by molar-refractivity contribution is 5.99. The minimum atomic E-state index is -0.281. The van der Waals surface area contributed by atoms with Gasteiger partial charge in [-0.25, -0.2) is 9.78 Å². The molecule has 0 aliphatic heterocycles. The molecule has 0 spiro atoms. The molecule has 3 aromatic rings. The third-order valence-electron chi connectivity index (χ3n) is 5.24. The Balaban J connectivity index is 1.35. The summed E-state index contributed by atoms with van der Waals surface area (Å²) in [5, 5.41) is 12.4. The van der Waals surface area contributed by atoms with Gasteiger partial charge in [0.05, 0.1) is 0 Å². The van der Waals surface area contributed by atoms with Crippen molar-refractivity contribution < 1.29 is 4.79 Å². The standard InChI is InChI=1S/C24H28N6O/c1-17-16-22(30-23(25-17)27-18-8-4-2-5-9-18)26-20-12-14-21(15-13-20)29-24(31)28-19-10-6-3-7-11-19/h3,6-7,10-16,18H,2,4-5,8-9H2,1H3,(H2,28,29,31)(H2,25,26,27,30). The summed E-state index contributed by atoms with van der Waals surface area (Å²) < 4.78 is 0. The van der Waals surface area contributed by atoms with E-state index in [0.717, 1.165) is 22.9 Å². The third kappa shape index (κ3) is 6.18. The number of hydrogen-bond donors (Lipinski definition) is 4. The van der Waals surface area contributed by atoms with Crippen LogP contribution in [0.4, 0.5) is 33.6 Å². The van der Waals surface area contributed by atoms with Crippen LogP contribution in [0, 0.1) is 6.92 Å². The van der Waals surface area contributed by atoms with Gasteiger partial charge in [-0.1, -0.05) is 37.5 Å². The fraction of sp³-hybridized carbons (Fsp3) is 0.292. The van der Waals surface area contributed by atoms with Crippen LogP contribution in [0.3, 0.4) is 0 Å². The van der Waals surface area contributed by atoms with Crippen molar-refractivity contribution in [1.82, 2.24) is 9.97 Å². The predicted octanol–water partition coefficient (Wildman–Crippen LogP) is 5.92. The molecule has 1 heterocycles. The molecule has 2 amide bonds. The van der Waals surface area contributed by atoms with E-state index in [4.69, 9.17) is 0 Å². The third-order valence-corrected chi connectivity index (χ3v) is 5.24. The highest BCUT2D eigenvalue weighted by atomic mass is 16.2. The van der Waals surface area contributed by atoms with Gasteiger partial charge in [-0.2, -0.15) is 4.98 Å². The molecule has 7 nitrogen and oxygen atoms in total. The lowest BCUT2D eigenvalue weighted by Gasteiger charge is -2.23. The van der Waals surface area contributed by atoms with Crippen LogP contribution >= 0.6 is 0 Å². The van der Waals surface area contributed by atoms with Gasteiger partial charge in [0, 0.05) is 34.9 Å². The van der Waals surface area contributed by atoms with Gasteiger partial charge in [-0.15, -0.1) is 0 Å². The van der Waals surface area contributed by atoms with Gasteiger partial charge in [-0.3, -0.25) is 0 Å². The predicted molar refractivity (Wildman–Crippen MR) is 126 cm³/mol. The number of carbonyl (C=O) groups excluding carboxylic acids is 1. The quantitative estimate of drug-likeness (QED) is 0.400. The molecule has 4 rings (SSSR count). The van der Waals surface area contributed by atoms with E-state index in [1.807, 2.05) is 67.6 Å². The van der Waals surface area contributed by atoms with Crippen LogP contribution < -0.4 is 21.3 Å². The number of aryl methyl sites for hydroxylation is 1. The average molecular weight is 417 g/mol. The second-order valence-corrected chi connectivity index (χ2v) is 7.84. The average Bonchev–Trinajstić information content (AvgIpc) is 2.76. The van der Waals surface area contributed by atoms with E-state index in [9.17, 15) is 4.79 Å². The summed E-state index contributed by atoms with van der Waals surface area (Å²) >= 11 is 0. The van der Waals surface area contributed by atoms with Crippen molar-refractivity contribution in [2.24, 2.45) is 0 Å². The molecule has 4 N–H and O–H groups in total. The first-order valence-corrected chi connectivity index (χ1v) is 10.8. The number of nitrogens with one attached hydrogen (secondary N) is 4. The van der Waals surface area contributed by atoms with Crippen LogP contribution in [0.15, 0.2) is 60.7 Å². The van der Waals surface area contributed by atoms with E-state index < -0.39 is 0 Å². The number of para-hydroxylation sites is 1. The number of hydrogen-bond acceptors (Lipinski definition) is 5. The number of carbonyl (C=O) groups is 1. The lowest BCUT2D eigenvalue weighted by molar-refractivity contribution is 0.262. The Morgan fingerprint density at radius 3 is 2.19 bits per heavy atom. The highest BCUT2D eigenvalue weighted by Gasteiger charge is 2.14. The van der Waals surface area contributed by atoms with Gasteiger partial charge in [-0.05, 0) is 56.2 Å². The van der Waals surface area contributed by atoms with Crippen molar-refractivity contribution >= 4 is 34.9 Å². The zero-order chi connectivity index (χ0) is 21.5. The topological polar surface area (TPSA) is 91.0 Å². The molecule has 160 valence electrons. The Kier molecular flexibility index (Phi) is 6.62. The first-order chi connectivity index (χ1) is 15.1. The monoisotopic (exact) mass is 416 g/mol. The number of rotatable bonds is 6. The van der Waals surface area contributed by atoms with E-state index in [1.54, 1.807) is 0 Å². The SMILES string of the molecule is Cc1cc(Nc2ccc(NC(=O)Nc3ccccc3)cc2)nc(NC2CCCCC2)n1. The summed E-state index contributed by atoms with van der Waals surface area (Å²) in [7, 11) is 0. The van der Waals surface area contributed by atoms with E-state index in [1.165, 1.54) is 32.1 Å². The van der Waals surface area contributed by atoms with Crippen LogP contribution in [0.5, 0.6) is 0 Å². The largest absolute Gasteiger partial charge is 0.351 e. The molecule has 0 radical (unpaired) electrons. The molecule has 0 saturated heterocycles. The van der Waals surface area contributed by atoms with Crippen molar-refractivity contribution in [1.29, 1.82) is 0 Å². The van der Waals surface area contributed by atoms with E-state index in [0.29, 0.717) is 17.7 Å². The molecular weight excluding hydrogens is 388 g/mol. The molecule has 1 aromatic heterocycles. The van der Waals surface area contributed by atoms with Crippen LogP contribution in [-0.2, 0) is 0 Å². The molecule has 1 aliphatic rings. The molecule has 0 atom stereocenters. The Morgan fingerprint density at radius 2 is 1.48 bits per heavy atom. The van der Waals surface area contributed by atoms with E-state index in [-0.39, 0.29) is 6.03 Å².